The van der Waals surface area contributed by atoms with Gasteiger partial charge < -0.3 is 10.2 Å². The van der Waals surface area contributed by atoms with Crippen molar-refractivity contribution in [2.75, 3.05) is 7.05 Å². The molecule has 0 spiro atoms. The van der Waals surface area contributed by atoms with E-state index in [1.54, 1.807) is 4.90 Å². The highest BCUT2D eigenvalue weighted by atomic mass is 16.2. The second-order valence-electron chi connectivity index (χ2n) is 8.15. The zero-order chi connectivity index (χ0) is 16.0. The summed E-state index contributed by atoms with van der Waals surface area (Å²) in [4.78, 5) is 14.5. The molecule has 5 nitrogen and oxygen atoms in total. The van der Waals surface area contributed by atoms with Gasteiger partial charge in [0.15, 0.2) is 0 Å². The Hall–Kier alpha value is -1.52. The highest BCUT2D eigenvalue weighted by Gasteiger charge is 2.51. The Kier molecular flexibility index (Phi) is 3.62. The Balaban J connectivity index is 1.39. The average molecular weight is 316 g/mol. The molecule has 23 heavy (non-hydrogen) atoms. The molecule has 4 saturated carbocycles. The predicted octanol–water partition coefficient (Wildman–Crippen LogP) is 3.01. The van der Waals surface area contributed by atoms with Crippen LogP contribution in [0.4, 0.5) is 4.79 Å². The molecule has 126 valence electrons. The molecule has 1 aromatic rings. The lowest BCUT2D eigenvalue weighted by molar-refractivity contribution is -0.0154. The standard InChI is InChI=1S/C18H28N4O/c1-3-22-5-4-16(20-22)12-21(2)17(23)19-18-9-13-6-14(10-18)8-15(7-13)11-18/h4-5,13-15H,3,6-12H2,1-2H3,(H,19,23). The molecule has 0 atom stereocenters. The Morgan fingerprint density at radius 1 is 1.30 bits per heavy atom. The lowest BCUT2D eigenvalue weighted by Crippen LogP contribution is -2.61. The van der Waals surface area contributed by atoms with E-state index in [-0.39, 0.29) is 11.6 Å². The summed E-state index contributed by atoms with van der Waals surface area (Å²) in [6.07, 6.45) is 9.77. The molecule has 2 amide bonds. The summed E-state index contributed by atoms with van der Waals surface area (Å²) in [5, 5.41) is 7.89. The van der Waals surface area contributed by atoms with Crippen molar-refractivity contribution >= 4 is 6.03 Å². The number of nitrogens with one attached hydrogen (secondary N) is 1. The van der Waals surface area contributed by atoms with Crippen molar-refractivity contribution in [3.8, 4) is 0 Å². The number of hydrogen-bond acceptors (Lipinski definition) is 2. The van der Waals surface area contributed by atoms with Crippen LogP contribution in [0.5, 0.6) is 0 Å². The van der Waals surface area contributed by atoms with Crippen LogP contribution in [0.25, 0.3) is 0 Å². The molecule has 0 radical (unpaired) electrons. The van der Waals surface area contributed by atoms with Crippen molar-refractivity contribution in [2.24, 2.45) is 17.8 Å². The van der Waals surface area contributed by atoms with Gasteiger partial charge in [-0.3, -0.25) is 4.68 Å². The van der Waals surface area contributed by atoms with E-state index in [1.807, 2.05) is 24.0 Å². The zero-order valence-corrected chi connectivity index (χ0v) is 14.3. The van der Waals surface area contributed by atoms with E-state index in [2.05, 4.69) is 17.3 Å². The summed E-state index contributed by atoms with van der Waals surface area (Å²) >= 11 is 0. The fourth-order valence-corrected chi connectivity index (χ4v) is 5.56. The van der Waals surface area contributed by atoms with Gasteiger partial charge in [-0.05, 0) is 69.3 Å². The number of aryl methyl sites for hydroxylation is 1. The normalized spacial score (nSPS) is 34.6. The molecular weight excluding hydrogens is 288 g/mol. The Bertz CT molecular complexity index is 558. The highest BCUT2D eigenvalue weighted by molar-refractivity contribution is 5.74. The second-order valence-corrected chi connectivity index (χ2v) is 8.15. The molecule has 0 saturated heterocycles. The molecule has 4 bridgehead atoms. The van der Waals surface area contributed by atoms with Crippen LogP contribution in [0.1, 0.15) is 51.1 Å². The lowest BCUT2D eigenvalue weighted by Gasteiger charge is -2.57. The van der Waals surface area contributed by atoms with E-state index in [0.29, 0.717) is 6.54 Å². The lowest BCUT2D eigenvalue weighted by atomic mass is 9.53. The van der Waals surface area contributed by atoms with Gasteiger partial charge in [-0.1, -0.05) is 0 Å². The molecule has 5 rings (SSSR count). The first-order valence-corrected chi connectivity index (χ1v) is 9.11. The van der Waals surface area contributed by atoms with Gasteiger partial charge >= 0.3 is 6.03 Å². The van der Waals surface area contributed by atoms with E-state index < -0.39 is 0 Å². The Labute approximate surface area is 138 Å². The molecule has 1 heterocycles. The summed E-state index contributed by atoms with van der Waals surface area (Å²) < 4.78 is 1.90. The van der Waals surface area contributed by atoms with Gasteiger partial charge in [0.25, 0.3) is 0 Å². The van der Waals surface area contributed by atoms with Crippen LogP contribution >= 0.6 is 0 Å². The van der Waals surface area contributed by atoms with Gasteiger partial charge in [-0.2, -0.15) is 5.10 Å². The third kappa shape index (κ3) is 2.86. The van der Waals surface area contributed by atoms with E-state index in [4.69, 9.17) is 0 Å². The fourth-order valence-electron chi connectivity index (χ4n) is 5.56. The molecule has 1 N–H and O–H groups in total. The molecular formula is C18H28N4O. The molecule has 4 fully saturated rings. The first-order valence-electron chi connectivity index (χ1n) is 9.11. The van der Waals surface area contributed by atoms with Crippen LogP contribution in [0, 0.1) is 17.8 Å². The van der Waals surface area contributed by atoms with Crippen LogP contribution in [-0.2, 0) is 13.1 Å². The van der Waals surface area contributed by atoms with Crippen molar-refractivity contribution in [1.82, 2.24) is 20.0 Å². The van der Waals surface area contributed by atoms with Crippen LogP contribution in [-0.4, -0.2) is 33.3 Å². The summed E-state index contributed by atoms with van der Waals surface area (Å²) in [5.74, 6) is 2.56. The first-order chi connectivity index (χ1) is 11.0. The topological polar surface area (TPSA) is 50.2 Å². The van der Waals surface area contributed by atoms with Crippen molar-refractivity contribution in [3.05, 3.63) is 18.0 Å². The molecule has 0 aliphatic heterocycles. The van der Waals surface area contributed by atoms with Gasteiger partial charge in [-0.15, -0.1) is 0 Å². The van der Waals surface area contributed by atoms with Crippen LogP contribution in [0.2, 0.25) is 0 Å². The van der Waals surface area contributed by atoms with Gasteiger partial charge in [0.05, 0.1) is 12.2 Å². The smallest absolute Gasteiger partial charge is 0.317 e. The second kappa shape index (κ2) is 5.53. The van der Waals surface area contributed by atoms with E-state index in [1.165, 1.54) is 38.5 Å². The average Bonchev–Trinajstić information content (AvgIpc) is 2.92. The highest BCUT2D eigenvalue weighted by Crippen LogP contribution is 2.55. The van der Waals surface area contributed by atoms with Crippen LogP contribution < -0.4 is 5.32 Å². The minimum atomic E-state index is 0.0676. The predicted molar refractivity (Wildman–Crippen MR) is 88.8 cm³/mol. The summed E-state index contributed by atoms with van der Waals surface area (Å²) in [6, 6.07) is 2.07. The number of urea groups is 1. The maximum Gasteiger partial charge on any atom is 0.317 e. The largest absolute Gasteiger partial charge is 0.333 e. The number of nitrogens with zero attached hydrogens (tertiary/aromatic N) is 3. The minimum Gasteiger partial charge on any atom is -0.333 e. The van der Waals surface area contributed by atoms with Crippen molar-refractivity contribution in [1.29, 1.82) is 0 Å². The summed E-state index contributed by atoms with van der Waals surface area (Å²) in [5.41, 5.74) is 1.04. The zero-order valence-electron chi connectivity index (χ0n) is 14.3. The Morgan fingerprint density at radius 2 is 1.91 bits per heavy atom. The molecule has 0 unspecified atom stereocenters. The van der Waals surface area contributed by atoms with E-state index >= 15 is 0 Å². The molecule has 4 aliphatic rings. The van der Waals surface area contributed by atoms with Crippen molar-refractivity contribution < 1.29 is 4.79 Å². The minimum absolute atomic E-state index is 0.0676. The Morgan fingerprint density at radius 3 is 2.43 bits per heavy atom. The summed E-state index contributed by atoms with van der Waals surface area (Å²) in [6.45, 7) is 3.51. The maximum absolute atomic E-state index is 12.7. The van der Waals surface area contributed by atoms with Gasteiger partial charge in [0, 0.05) is 25.3 Å². The monoisotopic (exact) mass is 316 g/mol. The SMILES string of the molecule is CCn1ccc(CN(C)C(=O)NC23CC4CC(CC(C4)C2)C3)n1. The molecule has 1 aromatic heterocycles. The number of carbonyl (C=O) groups excluding carboxylic acids is 1. The van der Waals surface area contributed by atoms with Crippen molar-refractivity contribution in [3.63, 3.8) is 0 Å². The van der Waals surface area contributed by atoms with E-state index in [9.17, 15) is 4.79 Å². The molecule has 5 heteroatoms. The number of carbonyl (C=O) groups is 1. The molecule has 0 aromatic carbocycles. The number of hydrogen-bond donors (Lipinski definition) is 1. The number of amides is 2. The molecule has 4 aliphatic carbocycles. The van der Waals surface area contributed by atoms with Crippen molar-refractivity contribution in [2.45, 2.75) is 64.1 Å². The van der Waals surface area contributed by atoms with E-state index in [0.717, 1.165) is 30.0 Å². The quantitative estimate of drug-likeness (QED) is 0.928. The number of aromatic nitrogens is 2. The third-order valence-electron chi connectivity index (χ3n) is 6.18. The fraction of sp³-hybridized carbons (Fsp3) is 0.778. The van der Waals surface area contributed by atoms with Gasteiger partial charge in [0.1, 0.15) is 0 Å². The van der Waals surface area contributed by atoms with Gasteiger partial charge in [0.2, 0.25) is 0 Å². The van der Waals surface area contributed by atoms with Crippen LogP contribution in [0.3, 0.4) is 0 Å². The maximum atomic E-state index is 12.7. The third-order valence-corrected chi connectivity index (χ3v) is 6.18. The van der Waals surface area contributed by atoms with Crippen LogP contribution in [0.15, 0.2) is 12.3 Å². The first kappa shape index (κ1) is 15.0. The number of rotatable bonds is 4. The summed E-state index contributed by atoms with van der Waals surface area (Å²) in [7, 11) is 1.88. The van der Waals surface area contributed by atoms with Gasteiger partial charge in [-0.25, -0.2) is 4.79 Å².